The van der Waals surface area contributed by atoms with E-state index in [0.717, 1.165) is 12.1 Å². The zero-order chi connectivity index (χ0) is 18.0. The van der Waals surface area contributed by atoms with Crippen LogP contribution in [0.2, 0.25) is 0 Å². The summed E-state index contributed by atoms with van der Waals surface area (Å²) in [5.41, 5.74) is -0.204. The van der Waals surface area contributed by atoms with E-state index in [-0.39, 0.29) is 17.1 Å². The Morgan fingerprint density at radius 2 is 1.84 bits per heavy atom. The Morgan fingerprint density at radius 3 is 2.52 bits per heavy atom. The number of rotatable bonds is 5. The monoisotopic (exact) mass is 343 g/mol. The summed E-state index contributed by atoms with van der Waals surface area (Å²) >= 11 is 0. The predicted octanol–water partition coefficient (Wildman–Crippen LogP) is 3.57. The Hall–Kier alpha value is -3.82. The summed E-state index contributed by atoms with van der Waals surface area (Å²) in [5.74, 6) is -0.474. The molecule has 2 aromatic carbocycles. The molecule has 0 unspecified atom stereocenters. The molecule has 3 aromatic rings. The van der Waals surface area contributed by atoms with E-state index >= 15 is 0 Å². The molecule has 0 saturated heterocycles. The molecule has 126 valence electrons. The van der Waals surface area contributed by atoms with E-state index in [4.69, 9.17) is 0 Å². The van der Waals surface area contributed by atoms with Gasteiger partial charge in [0.05, 0.1) is 34.0 Å². The van der Waals surface area contributed by atoms with Crippen molar-refractivity contribution >= 4 is 22.7 Å². The van der Waals surface area contributed by atoms with Crippen LogP contribution in [0.5, 0.6) is 0 Å². The largest absolute Gasteiger partial charge is 0.347 e. The quantitative estimate of drug-likeness (QED) is 0.559. The van der Waals surface area contributed by atoms with Crippen molar-refractivity contribution in [3.63, 3.8) is 0 Å². The van der Waals surface area contributed by atoms with E-state index in [1.54, 1.807) is 12.1 Å². The van der Waals surface area contributed by atoms with Crippen LogP contribution >= 0.6 is 0 Å². The molecule has 0 saturated carbocycles. The molecule has 0 aliphatic carbocycles. The molecule has 0 atom stereocenters. The van der Waals surface area contributed by atoms with Gasteiger partial charge < -0.3 is 5.32 Å². The number of para-hydroxylation sites is 1. The number of benzene rings is 2. The molecule has 1 N–H and O–H groups in total. The minimum atomic E-state index is -0.726. The number of anilines is 2. The summed E-state index contributed by atoms with van der Waals surface area (Å²) in [7, 11) is 0. The van der Waals surface area contributed by atoms with Gasteiger partial charge in [-0.3, -0.25) is 20.2 Å². The van der Waals surface area contributed by atoms with Gasteiger partial charge in [0.1, 0.15) is 17.2 Å². The average Bonchev–Trinajstić information content (AvgIpc) is 3.03. The molecule has 0 aliphatic heterocycles. The van der Waals surface area contributed by atoms with E-state index in [9.17, 15) is 24.6 Å². The second-order valence-electron chi connectivity index (χ2n) is 4.97. The van der Waals surface area contributed by atoms with E-state index in [2.05, 4.69) is 10.4 Å². The van der Waals surface area contributed by atoms with Crippen LogP contribution < -0.4 is 5.32 Å². The molecule has 0 amide bonds. The molecule has 0 fully saturated rings. The van der Waals surface area contributed by atoms with Crippen LogP contribution in [-0.2, 0) is 0 Å². The fraction of sp³-hybridized carbons (Fsp3) is 0. The van der Waals surface area contributed by atoms with Crippen molar-refractivity contribution < 1.29 is 14.2 Å². The second kappa shape index (κ2) is 6.35. The summed E-state index contributed by atoms with van der Waals surface area (Å²) in [6.45, 7) is 0. The first-order valence-electron chi connectivity index (χ1n) is 6.95. The Kier molecular flexibility index (Phi) is 4.08. The highest BCUT2D eigenvalue weighted by molar-refractivity contribution is 5.71. The van der Waals surface area contributed by atoms with E-state index in [1.807, 2.05) is 0 Å². The number of halogens is 1. The van der Waals surface area contributed by atoms with Gasteiger partial charge in [-0.1, -0.05) is 12.1 Å². The second-order valence-corrected chi connectivity index (χ2v) is 4.97. The summed E-state index contributed by atoms with van der Waals surface area (Å²) in [4.78, 5) is 20.4. The third-order valence-corrected chi connectivity index (χ3v) is 3.35. The number of nitro benzene ring substituents is 2. The third kappa shape index (κ3) is 3.27. The summed E-state index contributed by atoms with van der Waals surface area (Å²) < 4.78 is 15.0. The maximum atomic E-state index is 13.8. The van der Waals surface area contributed by atoms with Gasteiger partial charge >= 0.3 is 0 Å². The van der Waals surface area contributed by atoms with E-state index in [0.29, 0.717) is 5.69 Å². The number of nitro groups is 2. The minimum absolute atomic E-state index is 0.0590. The zero-order valence-electron chi connectivity index (χ0n) is 12.5. The van der Waals surface area contributed by atoms with Crippen LogP contribution in [0.3, 0.4) is 0 Å². The fourth-order valence-corrected chi connectivity index (χ4v) is 2.20. The summed E-state index contributed by atoms with van der Waals surface area (Å²) in [5, 5.41) is 28.6. The lowest BCUT2D eigenvalue weighted by molar-refractivity contribution is -0.393. The van der Waals surface area contributed by atoms with Crippen LogP contribution in [0.15, 0.2) is 54.9 Å². The Morgan fingerprint density at radius 1 is 1.08 bits per heavy atom. The van der Waals surface area contributed by atoms with Crippen LogP contribution in [0, 0.1) is 26.0 Å². The minimum Gasteiger partial charge on any atom is -0.347 e. The molecule has 0 radical (unpaired) electrons. The van der Waals surface area contributed by atoms with E-state index < -0.39 is 21.4 Å². The molecule has 1 aromatic heterocycles. The van der Waals surface area contributed by atoms with Crippen molar-refractivity contribution in [2.45, 2.75) is 0 Å². The van der Waals surface area contributed by atoms with Crippen LogP contribution in [0.25, 0.3) is 5.69 Å². The number of aromatic nitrogens is 2. The lowest BCUT2D eigenvalue weighted by Crippen LogP contribution is -1.99. The third-order valence-electron chi connectivity index (χ3n) is 3.35. The van der Waals surface area contributed by atoms with Crippen molar-refractivity contribution in [3.05, 3.63) is 80.9 Å². The molecular weight excluding hydrogens is 333 g/mol. The lowest BCUT2D eigenvalue weighted by Gasteiger charge is -2.05. The topological polar surface area (TPSA) is 116 Å². The van der Waals surface area contributed by atoms with Crippen molar-refractivity contribution in [1.82, 2.24) is 9.78 Å². The van der Waals surface area contributed by atoms with Gasteiger partial charge in [-0.15, -0.1) is 0 Å². The molecule has 0 bridgehead atoms. The predicted molar refractivity (Wildman–Crippen MR) is 86.6 cm³/mol. The van der Waals surface area contributed by atoms with Crippen molar-refractivity contribution in [3.8, 4) is 5.69 Å². The Balaban J connectivity index is 1.92. The highest BCUT2D eigenvalue weighted by atomic mass is 19.1. The molecule has 25 heavy (non-hydrogen) atoms. The standard InChI is InChI=1S/C15H10FN5O4/c16-12-3-1-2-4-14(12)19-9-10(8-17-19)18-13-6-5-11(20(22)23)7-15(13)21(24)25/h1-9,18H. The van der Waals surface area contributed by atoms with Gasteiger partial charge in [-0.25, -0.2) is 9.07 Å². The first-order chi connectivity index (χ1) is 12.0. The van der Waals surface area contributed by atoms with Gasteiger partial charge in [0.15, 0.2) is 0 Å². The fourth-order valence-electron chi connectivity index (χ4n) is 2.20. The van der Waals surface area contributed by atoms with Gasteiger partial charge in [0.2, 0.25) is 0 Å². The van der Waals surface area contributed by atoms with Crippen LogP contribution in [0.4, 0.5) is 27.1 Å². The SMILES string of the molecule is O=[N+]([O-])c1ccc(Nc2cnn(-c3ccccc3F)c2)c([N+](=O)[O-])c1. The molecular formula is C15H10FN5O4. The van der Waals surface area contributed by atoms with Gasteiger partial charge in [0, 0.05) is 6.07 Å². The Labute approximate surface area is 139 Å². The van der Waals surface area contributed by atoms with Crippen LogP contribution in [0.1, 0.15) is 0 Å². The number of hydrogen-bond donors (Lipinski definition) is 1. The first-order valence-corrected chi connectivity index (χ1v) is 6.95. The number of nitrogens with one attached hydrogen (secondary N) is 1. The molecule has 0 aliphatic rings. The van der Waals surface area contributed by atoms with Gasteiger partial charge in [-0.2, -0.15) is 5.10 Å². The normalized spacial score (nSPS) is 10.4. The van der Waals surface area contributed by atoms with Crippen molar-refractivity contribution in [2.75, 3.05) is 5.32 Å². The van der Waals surface area contributed by atoms with E-state index in [1.165, 1.54) is 35.3 Å². The van der Waals surface area contributed by atoms with Crippen molar-refractivity contribution in [1.29, 1.82) is 0 Å². The summed E-state index contributed by atoms with van der Waals surface area (Å²) in [6.07, 6.45) is 2.81. The molecule has 10 heteroatoms. The molecule has 3 rings (SSSR count). The molecule has 0 spiro atoms. The number of nitrogens with zero attached hydrogens (tertiary/aromatic N) is 4. The zero-order valence-corrected chi connectivity index (χ0v) is 12.5. The smallest absolute Gasteiger partial charge is 0.299 e. The number of hydrogen-bond acceptors (Lipinski definition) is 6. The van der Waals surface area contributed by atoms with Gasteiger partial charge in [0.25, 0.3) is 11.4 Å². The number of non-ortho nitro benzene ring substituents is 1. The summed E-state index contributed by atoms with van der Waals surface area (Å²) in [6, 6.07) is 9.25. The highest BCUT2D eigenvalue weighted by Gasteiger charge is 2.20. The van der Waals surface area contributed by atoms with Gasteiger partial charge in [-0.05, 0) is 18.2 Å². The lowest BCUT2D eigenvalue weighted by atomic mass is 10.2. The maximum absolute atomic E-state index is 13.8. The van der Waals surface area contributed by atoms with Crippen LogP contribution in [-0.4, -0.2) is 19.6 Å². The Bertz CT molecular complexity index is 972. The maximum Gasteiger partial charge on any atom is 0.299 e. The highest BCUT2D eigenvalue weighted by Crippen LogP contribution is 2.31. The first kappa shape index (κ1) is 16.1. The average molecular weight is 343 g/mol. The molecule has 1 heterocycles. The molecule has 9 nitrogen and oxygen atoms in total. The van der Waals surface area contributed by atoms with Crippen molar-refractivity contribution in [2.24, 2.45) is 0 Å².